The second kappa shape index (κ2) is 10.1. The van der Waals surface area contributed by atoms with Gasteiger partial charge < -0.3 is 28.8 Å². The van der Waals surface area contributed by atoms with Crippen LogP contribution in [-0.4, -0.2) is 58.8 Å². The third-order valence-electron chi connectivity index (χ3n) is 7.19. The Morgan fingerprint density at radius 2 is 1.90 bits per heavy atom. The van der Waals surface area contributed by atoms with E-state index < -0.39 is 33.1 Å². The van der Waals surface area contributed by atoms with Crippen molar-refractivity contribution in [3.05, 3.63) is 76.7 Å². The van der Waals surface area contributed by atoms with E-state index in [1.165, 1.54) is 21.7 Å². The summed E-state index contributed by atoms with van der Waals surface area (Å²) in [6.07, 6.45) is -1.82. The summed E-state index contributed by atoms with van der Waals surface area (Å²) in [4.78, 5) is 37.2. The molecule has 13 heteroatoms. The molecule has 5 heterocycles. The number of rotatable bonds is 5. The van der Waals surface area contributed by atoms with Gasteiger partial charge in [0.1, 0.15) is 18.3 Å². The number of H-pyrrole nitrogens is 1. The number of ether oxygens (including phenoxy) is 1. The van der Waals surface area contributed by atoms with Gasteiger partial charge in [-0.25, -0.2) is 9.38 Å². The minimum Gasteiger partial charge on any atom is -0.386 e. The summed E-state index contributed by atoms with van der Waals surface area (Å²) >= 11 is 1.35. The molecule has 5 atom stereocenters. The number of aliphatic hydroxyl groups excluding tert-OH is 1. The van der Waals surface area contributed by atoms with Crippen molar-refractivity contribution >= 4 is 37.3 Å². The van der Waals surface area contributed by atoms with Gasteiger partial charge in [0.2, 0.25) is 5.78 Å². The van der Waals surface area contributed by atoms with E-state index in [1.807, 2.05) is 42.5 Å². The minimum absolute atomic E-state index is 0.0730. The van der Waals surface area contributed by atoms with Crippen molar-refractivity contribution in [2.45, 2.75) is 54.4 Å². The largest absolute Gasteiger partial charge is 0.386 e. The molecule has 0 bridgehead atoms. The third kappa shape index (κ3) is 4.36. The van der Waals surface area contributed by atoms with Crippen molar-refractivity contribution in [1.29, 1.82) is 0 Å². The maximum Gasteiger partial charge on any atom is 0.330 e. The minimum atomic E-state index is -2.11. The molecule has 7 rings (SSSR count). The fourth-order valence-electron chi connectivity index (χ4n) is 5.07. The molecule has 3 unspecified atom stereocenters. The van der Waals surface area contributed by atoms with Crippen molar-refractivity contribution in [3.8, 4) is 11.3 Å². The first-order valence-electron chi connectivity index (χ1n) is 12.9. The lowest BCUT2D eigenvalue weighted by molar-refractivity contribution is -0.0614. The second-order valence-electron chi connectivity index (χ2n) is 10.1. The first kappa shape index (κ1) is 25.8. The van der Waals surface area contributed by atoms with Crippen molar-refractivity contribution in [3.63, 3.8) is 0 Å². The average molecular weight is 580 g/mol. The Hall–Kier alpha value is -3.09. The number of fused-ring (bicyclic) bond motifs is 3. The molecule has 0 spiro atoms. The van der Waals surface area contributed by atoms with Crippen LogP contribution in [0.15, 0.2) is 75.6 Å². The van der Waals surface area contributed by atoms with E-state index in [1.54, 1.807) is 10.8 Å². The number of aromatic nitrogens is 5. The molecule has 0 amide bonds. The Balaban J connectivity index is 1.37. The molecular formula is C27H26N5O6PS. The van der Waals surface area contributed by atoms with Crippen LogP contribution in [0.4, 0.5) is 0 Å². The van der Waals surface area contributed by atoms with Crippen molar-refractivity contribution < 1.29 is 23.8 Å². The fourth-order valence-corrected chi connectivity index (χ4v) is 6.78. The molecule has 3 aromatic heterocycles. The summed E-state index contributed by atoms with van der Waals surface area (Å²) in [5, 5.41) is 11.7. The van der Waals surface area contributed by atoms with Gasteiger partial charge in [-0.1, -0.05) is 68.1 Å². The zero-order valence-corrected chi connectivity index (χ0v) is 23.3. The molecule has 2 fully saturated rings. The molecular weight excluding hydrogens is 553 g/mol. The molecule has 3 N–H and O–H groups in total. The molecule has 2 saturated heterocycles. The average Bonchev–Trinajstić information content (AvgIpc) is 3.64. The third-order valence-corrected chi connectivity index (χ3v) is 8.96. The van der Waals surface area contributed by atoms with Crippen molar-refractivity contribution in [1.82, 2.24) is 23.9 Å². The molecule has 2 aliphatic heterocycles. The normalized spacial score (nSPS) is 24.8. The van der Waals surface area contributed by atoms with Gasteiger partial charge in [0.05, 0.1) is 12.3 Å². The van der Waals surface area contributed by atoms with Crippen LogP contribution in [0.25, 0.3) is 28.2 Å². The maximum atomic E-state index is 13.7. The predicted molar refractivity (Wildman–Crippen MR) is 149 cm³/mol. The Bertz CT molecular complexity index is 1750. The summed E-state index contributed by atoms with van der Waals surface area (Å²) < 4.78 is 20.0. The van der Waals surface area contributed by atoms with E-state index in [4.69, 9.17) is 23.8 Å². The Morgan fingerprint density at radius 3 is 2.65 bits per heavy atom. The fraction of sp³-hybridized carbons (Fsp3) is 0.296. The smallest absolute Gasteiger partial charge is 0.330 e. The first-order valence-corrected chi connectivity index (χ1v) is 14.8. The first-order chi connectivity index (χ1) is 19.4. The van der Waals surface area contributed by atoms with Crippen LogP contribution < -0.4 is 5.56 Å². The van der Waals surface area contributed by atoms with E-state index in [2.05, 4.69) is 31.0 Å². The van der Waals surface area contributed by atoms with Crippen LogP contribution in [0.5, 0.6) is 0 Å². The lowest BCUT2D eigenvalue weighted by Gasteiger charge is -2.27. The van der Waals surface area contributed by atoms with E-state index in [0.29, 0.717) is 16.9 Å². The van der Waals surface area contributed by atoms with Crippen LogP contribution in [0.1, 0.15) is 31.6 Å². The van der Waals surface area contributed by atoms with E-state index in [-0.39, 0.29) is 23.3 Å². The van der Waals surface area contributed by atoms with Gasteiger partial charge in [0.25, 0.3) is 5.56 Å². The summed E-state index contributed by atoms with van der Waals surface area (Å²) in [6.45, 7) is 4.34. The van der Waals surface area contributed by atoms with E-state index in [0.717, 1.165) is 16.2 Å². The highest BCUT2D eigenvalue weighted by atomic mass is 32.2. The molecule has 11 nitrogen and oxygen atoms in total. The SMILES string of the molecule is CC(C)c1ccc(Sc2nc3c(=O)n4cc(-c5ccccc5)[nH]c4nc3n2[C@@H]2OC3COP(O)O[C@H]3C2O)cc1. The summed E-state index contributed by atoms with van der Waals surface area (Å²) in [5.41, 5.74) is 2.90. The van der Waals surface area contributed by atoms with E-state index >= 15 is 0 Å². The number of hydrogen-bond acceptors (Lipinski definition) is 9. The predicted octanol–water partition coefficient (Wildman–Crippen LogP) is 4.21. The zero-order chi connectivity index (χ0) is 27.5. The van der Waals surface area contributed by atoms with E-state index in [9.17, 15) is 14.8 Å². The van der Waals surface area contributed by atoms with Crippen LogP contribution in [0.3, 0.4) is 0 Å². The van der Waals surface area contributed by atoms with Crippen LogP contribution in [0.2, 0.25) is 0 Å². The number of nitrogens with zero attached hydrogens (tertiary/aromatic N) is 4. The molecule has 40 heavy (non-hydrogen) atoms. The molecule has 5 aromatic rings. The van der Waals surface area contributed by atoms with Gasteiger partial charge in [-0.2, -0.15) is 4.98 Å². The highest BCUT2D eigenvalue weighted by Gasteiger charge is 2.50. The van der Waals surface area contributed by atoms with Gasteiger partial charge in [0.15, 0.2) is 22.5 Å². The molecule has 0 saturated carbocycles. The van der Waals surface area contributed by atoms with Crippen molar-refractivity contribution in [2.24, 2.45) is 0 Å². The molecule has 0 radical (unpaired) electrons. The number of benzene rings is 2. The monoisotopic (exact) mass is 579 g/mol. The molecule has 2 aromatic carbocycles. The Labute approximate surface area is 233 Å². The van der Waals surface area contributed by atoms with Gasteiger partial charge >= 0.3 is 8.60 Å². The quantitative estimate of drug-likeness (QED) is 0.262. The number of aromatic amines is 1. The van der Waals surface area contributed by atoms with Crippen molar-refractivity contribution in [2.75, 3.05) is 6.61 Å². The molecule has 0 aliphatic carbocycles. The lowest BCUT2D eigenvalue weighted by atomic mass is 10.0. The van der Waals surface area contributed by atoms with Gasteiger partial charge in [-0.3, -0.25) is 9.36 Å². The van der Waals surface area contributed by atoms with Crippen LogP contribution in [0, 0.1) is 0 Å². The van der Waals surface area contributed by atoms with Crippen LogP contribution in [-0.2, 0) is 13.8 Å². The van der Waals surface area contributed by atoms with Gasteiger partial charge in [0, 0.05) is 11.1 Å². The molecule has 206 valence electrons. The van der Waals surface area contributed by atoms with Crippen LogP contribution >= 0.6 is 20.4 Å². The molecule has 2 aliphatic rings. The highest BCUT2D eigenvalue weighted by molar-refractivity contribution is 7.99. The van der Waals surface area contributed by atoms with Gasteiger partial charge in [-0.15, -0.1) is 0 Å². The summed E-state index contributed by atoms with van der Waals surface area (Å²) in [6, 6.07) is 17.8. The maximum absolute atomic E-state index is 13.7. The second-order valence-corrected chi connectivity index (χ2v) is 12.1. The highest BCUT2D eigenvalue weighted by Crippen LogP contribution is 2.47. The lowest BCUT2D eigenvalue weighted by Crippen LogP contribution is -2.38. The zero-order valence-electron chi connectivity index (χ0n) is 21.5. The number of hydrogen-bond donors (Lipinski definition) is 3. The Kier molecular flexibility index (Phi) is 6.51. The van der Waals surface area contributed by atoms with Gasteiger partial charge in [-0.05, 0) is 29.2 Å². The topological polar surface area (TPSA) is 136 Å². The number of nitrogens with one attached hydrogen (secondary N) is 1. The standard InChI is InChI=1S/C27H26N5O6PS/c1-14(2)15-8-10-17(11-9-15)40-27-29-20-23(32(27)25-21(33)22-19(37-25)13-36-39(35)38-22)30-26-28-18(12-31(26)24(20)34)16-6-4-3-5-7-16/h3-12,14,19,21-22,25,33,35H,13H2,1-2H3,(H,28,30)/t19?,21?,22-,25-,39?/m1/s1. The Morgan fingerprint density at radius 1 is 1.12 bits per heavy atom. The summed E-state index contributed by atoms with van der Waals surface area (Å²) in [5.74, 6) is 0.722. The number of imidazole rings is 2. The summed E-state index contributed by atoms with van der Waals surface area (Å²) in [7, 11) is -2.11. The number of aliphatic hydroxyl groups is 1.